The Morgan fingerprint density at radius 1 is 1.28 bits per heavy atom. The fourth-order valence-corrected chi connectivity index (χ4v) is 2.16. The summed E-state index contributed by atoms with van der Waals surface area (Å²) in [5, 5.41) is 6.75. The van der Waals surface area contributed by atoms with Crippen molar-refractivity contribution >= 4 is 11.6 Å². The molecule has 2 heterocycles. The molecule has 1 aliphatic heterocycles. The summed E-state index contributed by atoms with van der Waals surface area (Å²) in [6.07, 6.45) is 1.16. The summed E-state index contributed by atoms with van der Waals surface area (Å²) in [5.74, 6) is 2.78. The molecule has 5 nitrogen and oxygen atoms in total. The fraction of sp³-hybridized carbons (Fsp3) is 0.692. The van der Waals surface area contributed by atoms with Crippen LogP contribution in [0.1, 0.15) is 26.1 Å². The normalized spacial score (nSPS) is 16.8. The number of rotatable bonds is 3. The number of aromatic nitrogens is 2. The molecule has 0 atom stereocenters. The van der Waals surface area contributed by atoms with E-state index in [1.165, 1.54) is 0 Å². The fourth-order valence-electron chi connectivity index (χ4n) is 2.16. The highest BCUT2D eigenvalue weighted by molar-refractivity contribution is 5.49. The van der Waals surface area contributed by atoms with Crippen molar-refractivity contribution in [3.05, 3.63) is 11.9 Å². The van der Waals surface area contributed by atoms with Crippen LogP contribution in [-0.4, -0.2) is 42.2 Å². The van der Waals surface area contributed by atoms with Crippen LogP contribution in [0, 0.1) is 6.92 Å². The number of nitrogens with one attached hydrogen (secondary N) is 2. The van der Waals surface area contributed by atoms with E-state index >= 15 is 0 Å². The first kappa shape index (κ1) is 13.1. The molecule has 1 aromatic heterocycles. The Hall–Kier alpha value is -1.36. The summed E-state index contributed by atoms with van der Waals surface area (Å²) in [5.41, 5.74) is 0. The zero-order chi connectivity index (χ0) is 13.0. The molecule has 0 radical (unpaired) electrons. The van der Waals surface area contributed by atoms with E-state index in [0.717, 1.165) is 50.1 Å². The smallest absolute Gasteiger partial charge is 0.134 e. The van der Waals surface area contributed by atoms with Gasteiger partial charge in [-0.25, -0.2) is 9.97 Å². The van der Waals surface area contributed by atoms with Crippen LogP contribution in [0.3, 0.4) is 0 Å². The molecule has 1 aromatic rings. The average molecular weight is 249 g/mol. The van der Waals surface area contributed by atoms with Gasteiger partial charge in [0, 0.05) is 31.7 Å². The van der Waals surface area contributed by atoms with Crippen molar-refractivity contribution < 1.29 is 0 Å². The second-order valence-electron chi connectivity index (χ2n) is 5.05. The van der Waals surface area contributed by atoms with E-state index in [9.17, 15) is 0 Å². The molecule has 5 heteroatoms. The van der Waals surface area contributed by atoms with Crippen LogP contribution in [0.4, 0.5) is 11.6 Å². The van der Waals surface area contributed by atoms with Gasteiger partial charge in [-0.3, -0.25) is 0 Å². The third-order valence-electron chi connectivity index (χ3n) is 2.93. The van der Waals surface area contributed by atoms with E-state index < -0.39 is 0 Å². The number of hydrogen-bond donors (Lipinski definition) is 2. The summed E-state index contributed by atoms with van der Waals surface area (Å²) < 4.78 is 0. The molecular formula is C13H23N5. The lowest BCUT2D eigenvalue weighted by Crippen LogP contribution is -2.29. The predicted molar refractivity (Wildman–Crippen MR) is 75.2 cm³/mol. The van der Waals surface area contributed by atoms with Crippen LogP contribution < -0.4 is 15.5 Å². The number of aryl methyl sites for hydroxylation is 1. The van der Waals surface area contributed by atoms with Gasteiger partial charge in [-0.1, -0.05) is 0 Å². The molecule has 1 saturated heterocycles. The molecule has 0 unspecified atom stereocenters. The Labute approximate surface area is 109 Å². The van der Waals surface area contributed by atoms with Crippen LogP contribution in [0.2, 0.25) is 0 Å². The molecule has 0 spiro atoms. The molecule has 100 valence electrons. The van der Waals surface area contributed by atoms with Crippen LogP contribution in [0.5, 0.6) is 0 Å². The van der Waals surface area contributed by atoms with E-state index in [1.54, 1.807) is 0 Å². The Morgan fingerprint density at radius 2 is 2.11 bits per heavy atom. The van der Waals surface area contributed by atoms with Crippen molar-refractivity contribution in [3.63, 3.8) is 0 Å². The lowest BCUT2D eigenvalue weighted by atomic mass is 10.3. The Morgan fingerprint density at radius 3 is 2.89 bits per heavy atom. The maximum absolute atomic E-state index is 4.55. The van der Waals surface area contributed by atoms with E-state index in [-0.39, 0.29) is 0 Å². The first-order valence-corrected chi connectivity index (χ1v) is 6.73. The molecule has 0 bridgehead atoms. The van der Waals surface area contributed by atoms with Crippen molar-refractivity contribution in [3.8, 4) is 0 Å². The Balaban J connectivity index is 2.17. The highest BCUT2D eigenvalue weighted by Gasteiger charge is 2.12. The quantitative estimate of drug-likeness (QED) is 0.848. The van der Waals surface area contributed by atoms with Gasteiger partial charge in [0.05, 0.1) is 0 Å². The summed E-state index contributed by atoms with van der Waals surface area (Å²) in [6.45, 7) is 10.4. The largest absolute Gasteiger partial charge is 0.368 e. The Kier molecular flexibility index (Phi) is 4.36. The predicted octanol–water partition coefficient (Wildman–Crippen LogP) is 1.41. The van der Waals surface area contributed by atoms with Gasteiger partial charge in [0.1, 0.15) is 17.5 Å². The molecule has 2 rings (SSSR count). The maximum atomic E-state index is 4.55. The van der Waals surface area contributed by atoms with Crippen molar-refractivity contribution in [2.24, 2.45) is 0 Å². The maximum Gasteiger partial charge on any atom is 0.134 e. The van der Waals surface area contributed by atoms with Crippen molar-refractivity contribution in [2.75, 3.05) is 36.4 Å². The summed E-state index contributed by atoms with van der Waals surface area (Å²) in [6, 6.07) is 2.44. The lowest BCUT2D eigenvalue weighted by Gasteiger charge is -2.22. The zero-order valence-corrected chi connectivity index (χ0v) is 11.5. The standard InChI is InChI=1S/C13H23N5/c1-10(2)15-12-9-13(17-11(3)16-12)18-7-4-5-14-6-8-18/h9-10,14H,4-8H2,1-3H3,(H,15,16,17). The third kappa shape index (κ3) is 3.57. The van der Waals surface area contributed by atoms with Gasteiger partial charge in [-0.2, -0.15) is 0 Å². The first-order valence-electron chi connectivity index (χ1n) is 6.73. The summed E-state index contributed by atoms with van der Waals surface area (Å²) in [7, 11) is 0. The molecule has 18 heavy (non-hydrogen) atoms. The molecule has 0 aromatic carbocycles. The second kappa shape index (κ2) is 6.00. The average Bonchev–Trinajstić information content (AvgIpc) is 2.55. The summed E-state index contributed by atoms with van der Waals surface area (Å²) in [4.78, 5) is 11.3. The van der Waals surface area contributed by atoms with Crippen LogP contribution in [0.25, 0.3) is 0 Å². The van der Waals surface area contributed by atoms with E-state index in [4.69, 9.17) is 0 Å². The summed E-state index contributed by atoms with van der Waals surface area (Å²) >= 11 is 0. The monoisotopic (exact) mass is 249 g/mol. The second-order valence-corrected chi connectivity index (χ2v) is 5.05. The van der Waals surface area contributed by atoms with Gasteiger partial charge in [-0.05, 0) is 33.7 Å². The van der Waals surface area contributed by atoms with Gasteiger partial charge >= 0.3 is 0 Å². The van der Waals surface area contributed by atoms with Gasteiger partial charge in [0.15, 0.2) is 0 Å². The van der Waals surface area contributed by atoms with Gasteiger partial charge in [0.25, 0.3) is 0 Å². The van der Waals surface area contributed by atoms with E-state index in [1.807, 2.05) is 6.92 Å². The number of nitrogens with zero attached hydrogens (tertiary/aromatic N) is 3. The lowest BCUT2D eigenvalue weighted by molar-refractivity contribution is 0.724. The zero-order valence-electron chi connectivity index (χ0n) is 11.5. The highest BCUT2D eigenvalue weighted by Crippen LogP contribution is 2.17. The third-order valence-corrected chi connectivity index (χ3v) is 2.93. The molecule has 0 aliphatic carbocycles. The van der Waals surface area contributed by atoms with E-state index in [0.29, 0.717) is 6.04 Å². The van der Waals surface area contributed by atoms with Gasteiger partial charge in [0.2, 0.25) is 0 Å². The van der Waals surface area contributed by atoms with E-state index in [2.05, 4.69) is 45.4 Å². The van der Waals surface area contributed by atoms with Crippen LogP contribution in [-0.2, 0) is 0 Å². The Bertz CT molecular complexity index is 383. The van der Waals surface area contributed by atoms with Crippen molar-refractivity contribution in [1.82, 2.24) is 15.3 Å². The molecular weight excluding hydrogens is 226 g/mol. The molecule has 1 aliphatic rings. The highest BCUT2D eigenvalue weighted by atomic mass is 15.2. The topological polar surface area (TPSA) is 53.1 Å². The van der Waals surface area contributed by atoms with Crippen molar-refractivity contribution in [1.29, 1.82) is 0 Å². The molecule has 0 saturated carbocycles. The molecule has 2 N–H and O–H groups in total. The first-order chi connectivity index (χ1) is 8.65. The van der Waals surface area contributed by atoms with Gasteiger partial charge in [-0.15, -0.1) is 0 Å². The van der Waals surface area contributed by atoms with Crippen LogP contribution >= 0.6 is 0 Å². The van der Waals surface area contributed by atoms with Crippen molar-refractivity contribution in [2.45, 2.75) is 33.2 Å². The SMILES string of the molecule is Cc1nc(NC(C)C)cc(N2CCCNCC2)n1. The minimum atomic E-state index is 0.387. The van der Waals surface area contributed by atoms with Gasteiger partial charge < -0.3 is 15.5 Å². The molecule has 0 amide bonds. The minimum absolute atomic E-state index is 0.387. The number of anilines is 2. The van der Waals surface area contributed by atoms with Crippen LogP contribution in [0.15, 0.2) is 6.07 Å². The number of hydrogen-bond acceptors (Lipinski definition) is 5. The minimum Gasteiger partial charge on any atom is -0.368 e. The molecule has 1 fully saturated rings.